The van der Waals surface area contributed by atoms with Gasteiger partial charge in [0.05, 0.1) is 17.8 Å². The van der Waals surface area contributed by atoms with E-state index in [9.17, 15) is 17.6 Å². The molecule has 0 aromatic heterocycles. The standard InChI is InChI=1S/C18H26FN3O4S/c1-14(2)21-7-8-22(18(23)11-21)13-27(24,25)17-5-3-16(4-6-17)26-12-15(9-19)10-20/h3-6,9,14H,7-8,10-13,20H2,1-2H3. The fourth-order valence-electron chi connectivity index (χ4n) is 2.64. The van der Waals surface area contributed by atoms with Crippen LogP contribution in [-0.2, 0) is 14.6 Å². The Kier molecular flexibility index (Phi) is 7.34. The number of rotatable bonds is 8. The molecule has 27 heavy (non-hydrogen) atoms. The van der Waals surface area contributed by atoms with E-state index in [0.717, 1.165) is 0 Å². The van der Waals surface area contributed by atoms with Crippen molar-refractivity contribution in [3.63, 3.8) is 0 Å². The smallest absolute Gasteiger partial charge is 0.237 e. The number of halogens is 1. The van der Waals surface area contributed by atoms with Crippen molar-refractivity contribution < 1.29 is 22.3 Å². The van der Waals surface area contributed by atoms with Crippen LogP contribution in [0.5, 0.6) is 5.75 Å². The van der Waals surface area contributed by atoms with Crippen LogP contribution in [0.1, 0.15) is 13.8 Å². The second-order valence-corrected chi connectivity index (χ2v) is 8.66. The van der Waals surface area contributed by atoms with Gasteiger partial charge in [0.2, 0.25) is 5.91 Å². The Hall–Kier alpha value is -1.97. The Bertz CT molecular complexity index is 778. The van der Waals surface area contributed by atoms with E-state index in [1.165, 1.54) is 29.2 Å². The van der Waals surface area contributed by atoms with Crippen molar-refractivity contribution in [3.8, 4) is 5.75 Å². The van der Waals surface area contributed by atoms with Gasteiger partial charge in [0, 0.05) is 31.2 Å². The molecule has 2 N–H and O–H groups in total. The Morgan fingerprint density at radius 3 is 2.48 bits per heavy atom. The van der Waals surface area contributed by atoms with Crippen LogP contribution < -0.4 is 10.5 Å². The third kappa shape index (κ3) is 5.75. The maximum absolute atomic E-state index is 12.6. The van der Waals surface area contributed by atoms with Gasteiger partial charge in [0.1, 0.15) is 18.2 Å². The Labute approximate surface area is 159 Å². The first kappa shape index (κ1) is 21.3. The minimum absolute atomic E-state index is 0.00622. The zero-order valence-electron chi connectivity index (χ0n) is 15.6. The molecule has 1 heterocycles. The van der Waals surface area contributed by atoms with E-state index in [1.54, 1.807) is 0 Å². The Morgan fingerprint density at radius 2 is 1.96 bits per heavy atom. The van der Waals surface area contributed by atoms with Gasteiger partial charge in [-0.15, -0.1) is 0 Å². The van der Waals surface area contributed by atoms with Crippen LogP contribution in [0, 0.1) is 0 Å². The zero-order chi connectivity index (χ0) is 20.0. The van der Waals surface area contributed by atoms with Crippen LogP contribution >= 0.6 is 0 Å². The predicted octanol–water partition coefficient (Wildman–Crippen LogP) is 1.16. The molecule has 1 aliphatic rings. The van der Waals surface area contributed by atoms with Gasteiger partial charge in [-0.25, -0.2) is 12.8 Å². The maximum atomic E-state index is 12.6. The number of hydrogen-bond donors (Lipinski definition) is 1. The third-order valence-corrected chi connectivity index (χ3v) is 6.07. The summed E-state index contributed by atoms with van der Waals surface area (Å²) in [4.78, 5) is 15.7. The molecule has 0 unspecified atom stereocenters. The first-order valence-corrected chi connectivity index (χ1v) is 10.4. The molecule has 2 rings (SSSR count). The van der Waals surface area contributed by atoms with Crippen LogP contribution in [0.2, 0.25) is 0 Å². The van der Waals surface area contributed by atoms with Gasteiger partial charge < -0.3 is 15.4 Å². The van der Waals surface area contributed by atoms with E-state index in [-0.39, 0.29) is 42.4 Å². The molecular formula is C18H26FN3O4S. The molecule has 0 atom stereocenters. The molecule has 1 aromatic rings. The minimum atomic E-state index is -3.65. The second-order valence-electron chi connectivity index (χ2n) is 6.70. The molecule has 9 heteroatoms. The SMILES string of the molecule is CC(C)N1CCN(CS(=O)(=O)c2ccc(OCC(=CF)CN)cc2)C(=O)C1. The molecule has 0 saturated carbocycles. The highest BCUT2D eigenvalue weighted by molar-refractivity contribution is 7.91. The summed E-state index contributed by atoms with van der Waals surface area (Å²) in [6, 6.07) is 6.07. The summed E-state index contributed by atoms with van der Waals surface area (Å²) in [6.45, 7) is 5.30. The summed E-state index contributed by atoms with van der Waals surface area (Å²) in [5, 5.41) is 0. The highest BCUT2D eigenvalue weighted by atomic mass is 32.2. The lowest BCUT2D eigenvalue weighted by atomic mass is 10.2. The number of sulfone groups is 1. The zero-order valence-corrected chi connectivity index (χ0v) is 16.4. The number of ether oxygens (including phenoxy) is 1. The topological polar surface area (TPSA) is 92.9 Å². The Balaban J connectivity index is 1.99. The monoisotopic (exact) mass is 399 g/mol. The molecule has 1 amide bonds. The first-order valence-electron chi connectivity index (χ1n) is 8.72. The number of carbonyl (C=O) groups is 1. The van der Waals surface area contributed by atoms with Gasteiger partial charge in [0.25, 0.3) is 0 Å². The normalized spacial score (nSPS) is 16.9. The maximum Gasteiger partial charge on any atom is 0.237 e. The van der Waals surface area contributed by atoms with E-state index in [4.69, 9.17) is 10.5 Å². The van der Waals surface area contributed by atoms with Crippen LogP contribution in [0.4, 0.5) is 4.39 Å². The summed E-state index contributed by atoms with van der Waals surface area (Å²) in [7, 11) is -3.65. The van der Waals surface area contributed by atoms with Gasteiger partial charge in [-0.05, 0) is 38.1 Å². The molecular weight excluding hydrogens is 373 g/mol. The fourth-order valence-corrected chi connectivity index (χ4v) is 4.02. The molecule has 1 aliphatic heterocycles. The van der Waals surface area contributed by atoms with Crippen molar-refractivity contribution in [1.82, 2.24) is 9.80 Å². The molecule has 0 spiro atoms. The number of nitrogens with zero attached hydrogens (tertiary/aromatic N) is 2. The molecule has 0 aliphatic carbocycles. The third-order valence-electron chi connectivity index (χ3n) is 4.43. The van der Waals surface area contributed by atoms with Crippen molar-refractivity contribution in [2.45, 2.75) is 24.8 Å². The van der Waals surface area contributed by atoms with Gasteiger partial charge in [-0.2, -0.15) is 0 Å². The number of hydrogen-bond acceptors (Lipinski definition) is 6. The lowest BCUT2D eigenvalue weighted by Crippen LogP contribution is -2.53. The van der Waals surface area contributed by atoms with Crippen molar-refractivity contribution in [2.75, 3.05) is 38.7 Å². The molecule has 0 radical (unpaired) electrons. The average molecular weight is 399 g/mol. The minimum Gasteiger partial charge on any atom is -0.489 e. The second kappa shape index (κ2) is 9.29. The van der Waals surface area contributed by atoms with Gasteiger partial charge in [0.15, 0.2) is 9.84 Å². The number of benzene rings is 1. The quantitative estimate of drug-likeness (QED) is 0.705. The lowest BCUT2D eigenvalue weighted by Gasteiger charge is -2.36. The molecule has 1 aromatic carbocycles. The van der Waals surface area contributed by atoms with E-state index in [2.05, 4.69) is 0 Å². The molecule has 0 bridgehead atoms. The van der Waals surface area contributed by atoms with Crippen molar-refractivity contribution >= 4 is 15.7 Å². The number of carbonyl (C=O) groups excluding carboxylic acids is 1. The Morgan fingerprint density at radius 1 is 1.30 bits per heavy atom. The van der Waals surface area contributed by atoms with Crippen molar-refractivity contribution in [2.24, 2.45) is 5.73 Å². The van der Waals surface area contributed by atoms with E-state index in [0.29, 0.717) is 30.7 Å². The van der Waals surface area contributed by atoms with Crippen LogP contribution in [-0.4, -0.2) is 68.8 Å². The highest BCUT2D eigenvalue weighted by Gasteiger charge is 2.29. The summed E-state index contributed by atoms with van der Waals surface area (Å²) in [5.41, 5.74) is 5.65. The number of piperazine rings is 1. The fraction of sp³-hybridized carbons (Fsp3) is 0.500. The van der Waals surface area contributed by atoms with Crippen molar-refractivity contribution in [1.29, 1.82) is 0 Å². The largest absolute Gasteiger partial charge is 0.489 e. The average Bonchev–Trinajstić information content (AvgIpc) is 2.64. The highest BCUT2D eigenvalue weighted by Crippen LogP contribution is 2.19. The predicted molar refractivity (Wildman–Crippen MR) is 101 cm³/mol. The number of amides is 1. The summed E-state index contributed by atoms with van der Waals surface area (Å²) in [6.07, 6.45) is 0.398. The number of nitrogens with two attached hydrogens (primary N) is 1. The van der Waals surface area contributed by atoms with Crippen LogP contribution in [0.15, 0.2) is 41.1 Å². The lowest BCUT2D eigenvalue weighted by molar-refractivity contribution is -0.135. The molecule has 7 nitrogen and oxygen atoms in total. The molecule has 1 saturated heterocycles. The van der Waals surface area contributed by atoms with Gasteiger partial charge in [-0.3, -0.25) is 9.69 Å². The molecule has 1 fully saturated rings. The summed E-state index contributed by atoms with van der Waals surface area (Å²) in [5.74, 6) is -0.131. The van der Waals surface area contributed by atoms with E-state index < -0.39 is 9.84 Å². The summed E-state index contributed by atoms with van der Waals surface area (Å²) < 4.78 is 43.0. The van der Waals surface area contributed by atoms with E-state index in [1.807, 2.05) is 18.7 Å². The van der Waals surface area contributed by atoms with E-state index >= 15 is 0 Å². The first-order chi connectivity index (χ1) is 12.8. The van der Waals surface area contributed by atoms with Gasteiger partial charge in [-0.1, -0.05) is 0 Å². The van der Waals surface area contributed by atoms with Crippen molar-refractivity contribution in [3.05, 3.63) is 36.2 Å². The van der Waals surface area contributed by atoms with Crippen LogP contribution in [0.3, 0.4) is 0 Å². The summed E-state index contributed by atoms with van der Waals surface area (Å²) >= 11 is 0. The molecule has 150 valence electrons. The van der Waals surface area contributed by atoms with Crippen LogP contribution in [0.25, 0.3) is 0 Å². The van der Waals surface area contributed by atoms with Gasteiger partial charge >= 0.3 is 0 Å².